The zero-order chi connectivity index (χ0) is 19.1. The maximum Gasteiger partial charge on any atom is 0.199 e. The molecule has 0 bridgehead atoms. The Morgan fingerprint density at radius 1 is 1.04 bits per heavy atom. The number of hydrogen-bond donors (Lipinski definition) is 0. The quantitative estimate of drug-likeness (QED) is 0.411. The van der Waals surface area contributed by atoms with Crippen LogP contribution in [0.2, 0.25) is 0 Å². The van der Waals surface area contributed by atoms with Crippen molar-refractivity contribution in [1.29, 1.82) is 0 Å². The third-order valence-corrected chi connectivity index (χ3v) is 4.17. The molecular formula is C23H26O3. The molecule has 2 aromatic rings. The van der Waals surface area contributed by atoms with Crippen molar-refractivity contribution in [3.8, 4) is 16.9 Å². The molecule has 0 saturated heterocycles. The highest BCUT2D eigenvalue weighted by molar-refractivity contribution is 5.96. The molecule has 1 unspecified atom stereocenters. The van der Waals surface area contributed by atoms with Crippen LogP contribution in [0.5, 0.6) is 5.75 Å². The first kappa shape index (κ1) is 19.7. The Bertz CT molecular complexity index is 805. The SMILES string of the molecule is C=Cc1ccc(OC(CC)OCC)cc1-c1cc(C(C)=O)ccc1C=C. The number of carbonyl (C=O) groups is 1. The van der Waals surface area contributed by atoms with E-state index in [-0.39, 0.29) is 12.1 Å². The smallest absolute Gasteiger partial charge is 0.199 e. The van der Waals surface area contributed by atoms with E-state index in [1.54, 1.807) is 19.1 Å². The van der Waals surface area contributed by atoms with Gasteiger partial charge in [-0.05, 0) is 54.3 Å². The van der Waals surface area contributed by atoms with Gasteiger partial charge in [-0.25, -0.2) is 0 Å². The molecule has 0 aliphatic carbocycles. The van der Waals surface area contributed by atoms with Gasteiger partial charge in [0.1, 0.15) is 5.75 Å². The van der Waals surface area contributed by atoms with Crippen molar-refractivity contribution in [2.45, 2.75) is 33.5 Å². The maximum atomic E-state index is 11.8. The second kappa shape index (κ2) is 9.16. The molecule has 0 spiro atoms. The molecule has 2 aromatic carbocycles. The van der Waals surface area contributed by atoms with E-state index < -0.39 is 0 Å². The van der Waals surface area contributed by atoms with Crippen LogP contribution in [0.15, 0.2) is 49.6 Å². The minimum absolute atomic E-state index is 0.0248. The van der Waals surface area contributed by atoms with Crippen LogP contribution < -0.4 is 4.74 Å². The summed E-state index contributed by atoms with van der Waals surface area (Å²) in [6.07, 6.45) is 4.05. The van der Waals surface area contributed by atoms with E-state index >= 15 is 0 Å². The predicted octanol–water partition coefficient (Wildman–Crippen LogP) is 5.99. The van der Waals surface area contributed by atoms with Gasteiger partial charge in [0.2, 0.25) is 0 Å². The molecule has 0 saturated carbocycles. The van der Waals surface area contributed by atoms with Gasteiger partial charge < -0.3 is 9.47 Å². The van der Waals surface area contributed by atoms with Crippen LogP contribution in [0.3, 0.4) is 0 Å². The Morgan fingerprint density at radius 3 is 2.19 bits per heavy atom. The highest BCUT2D eigenvalue weighted by Gasteiger charge is 2.13. The van der Waals surface area contributed by atoms with Crippen molar-refractivity contribution in [3.63, 3.8) is 0 Å². The minimum Gasteiger partial charge on any atom is -0.465 e. The number of ketones is 1. The Balaban J connectivity index is 2.55. The summed E-state index contributed by atoms with van der Waals surface area (Å²) < 4.78 is 11.6. The van der Waals surface area contributed by atoms with Crippen molar-refractivity contribution in [2.24, 2.45) is 0 Å². The average molecular weight is 350 g/mol. The van der Waals surface area contributed by atoms with Crippen LogP contribution in [0, 0.1) is 0 Å². The van der Waals surface area contributed by atoms with Gasteiger partial charge in [-0.2, -0.15) is 0 Å². The maximum absolute atomic E-state index is 11.8. The molecule has 3 nitrogen and oxygen atoms in total. The molecule has 0 heterocycles. The van der Waals surface area contributed by atoms with Gasteiger partial charge in [-0.1, -0.05) is 50.4 Å². The average Bonchev–Trinajstić information content (AvgIpc) is 2.66. The number of rotatable bonds is 9. The number of Topliss-reactive ketones (excluding diaryl/α,β-unsaturated/α-hetero) is 1. The highest BCUT2D eigenvalue weighted by atomic mass is 16.7. The number of benzene rings is 2. The Hall–Kier alpha value is -2.65. The van der Waals surface area contributed by atoms with Crippen LogP contribution in [-0.4, -0.2) is 18.7 Å². The molecule has 26 heavy (non-hydrogen) atoms. The van der Waals surface area contributed by atoms with Crippen molar-refractivity contribution in [1.82, 2.24) is 0 Å². The summed E-state index contributed by atoms with van der Waals surface area (Å²) in [5.41, 5.74) is 4.45. The molecule has 3 heteroatoms. The molecule has 1 atom stereocenters. The molecule has 136 valence electrons. The summed E-state index contributed by atoms with van der Waals surface area (Å²) in [7, 11) is 0. The Kier molecular flexibility index (Phi) is 6.93. The lowest BCUT2D eigenvalue weighted by Gasteiger charge is -2.19. The third-order valence-electron chi connectivity index (χ3n) is 4.17. The van der Waals surface area contributed by atoms with Gasteiger partial charge in [0.15, 0.2) is 12.1 Å². The standard InChI is InChI=1S/C23H26O3/c1-6-17-10-11-19(16(5)24)14-21(17)22-15-20(13-12-18(22)7-2)26-23(8-3)25-9-4/h6-7,10-15,23H,1-2,8-9H2,3-5H3. The van der Waals surface area contributed by atoms with Gasteiger partial charge >= 0.3 is 0 Å². The largest absolute Gasteiger partial charge is 0.465 e. The fraction of sp³-hybridized carbons (Fsp3) is 0.261. The van der Waals surface area contributed by atoms with Crippen LogP contribution in [-0.2, 0) is 4.74 Å². The number of ether oxygens (including phenoxy) is 2. The van der Waals surface area contributed by atoms with Crippen LogP contribution >= 0.6 is 0 Å². The van der Waals surface area contributed by atoms with Gasteiger partial charge in [0, 0.05) is 18.6 Å². The zero-order valence-electron chi connectivity index (χ0n) is 15.7. The fourth-order valence-electron chi connectivity index (χ4n) is 2.78. The summed E-state index contributed by atoms with van der Waals surface area (Å²) in [6, 6.07) is 11.5. The number of hydrogen-bond acceptors (Lipinski definition) is 3. The lowest BCUT2D eigenvalue weighted by Crippen LogP contribution is -2.19. The fourth-order valence-corrected chi connectivity index (χ4v) is 2.78. The van der Waals surface area contributed by atoms with Crippen molar-refractivity contribution in [3.05, 3.63) is 66.2 Å². The monoisotopic (exact) mass is 350 g/mol. The second-order valence-corrected chi connectivity index (χ2v) is 5.93. The first-order valence-electron chi connectivity index (χ1n) is 8.86. The van der Waals surface area contributed by atoms with Gasteiger partial charge in [0.05, 0.1) is 0 Å². The van der Waals surface area contributed by atoms with Crippen molar-refractivity contribution < 1.29 is 14.3 Å². The topological polar surface area (TPSA) is 35.5 Å². The normalized spacial score (nSPS) is 11.7. The molecule has 2 rings (SSSR count). The summed E-state index contributed by atoms with van der Waals surface area (Å²) in [6.45, 7) is 13.9. The van der Waals surface area contributed by atoms with Crippen molar-refractivity contribution >= 4 is 17.9 Å². The zero-order valence-corrected chi connectivity index (χ0v) is 15.7. The van der Waals surface area contributed by atoms with Gasteiger partial charge in [-0.3, -0.25) is 4.79 Å². The van der Waals surface area contributed by atoms with Gasteiger partial charge in [0.25, 0.3) is 0 Å². The lowest BCUT2D eigenvalue weighted by molar-refractivity contribution is -0.0766. The lowest BCUT2D eigenvalue weighted by atomic mass is 9.92. The molecule has 0 amide bonds. The molecule has 0 aliphatic rings. The molecule has 0 aromatic heterocycles. The summed E-state index contributed by atoms with van der Waals surface area (Å²) in [5, 5.41) is 0. The van der Waals surface area contributed by atoms with E-state index in [1.165, 1.54) is 0 Å². The second-order valence-electron chi connectivity index (χ2n) is 5.93. The summed E-state index contributed by atoms with van der Waals surface area (Å²) >= 11 is 0. The van der Waals surface area contributed by atoms with E-state index in [2.05, 4.69) is 13.2 Å². The molecule has 0 fully saturated rings. The highest BCUT2D eigenvalue weighted by Crippen LogP contribution is 2.33. The Labute approximate surface area is 156 Å². The van der Waals surface area contributed by atoms with Crippen LogP contribution in [0.25, 0.3) is 23.3 Å². The predicted molar refractivity (Wildman–Crippen MR) is 108 cm³/mol. The summed E-state index contributed by atoms with van der Waals surface area (Å²) in [5.74, 6) is 0.742. The Morgan fingerprint density at radius 2 is 1.65 bits per heavy atom. The van der Waals surface area contributed by atoms with E-state index in [9.17, 15) is 4.79 Å². The van der Waals surface area contributed by atoms with E-state index in [0.29, 0.717) is 17.9 Å². The van der Waals surface area contributed by atoms with Crippen LogP contribution in [0.1, 0.15) is 48.7 Å². The third kappa shape index (κ3) is 4.50. The van der Waals surface area contributed by atoms with Gasteiger partial charge in [-0.15, -0.1) is 0 Å². The molecule has 0 N–H and O–H groups in total. The number of carbonyl (C=O) groups excluding carboxylic acids is 1. The van der Waals surface area contributed by atoms with Crippen LogP contribution in [0.4, 0.5) is 0 Å². The molecule has 0 aliphatic heterocycles. The summed E-state index contributed by atoms with van der Waals surface area (Å²) in [4.78, 5) is 11.8. The molecular weight excluding hydrogens is 324 g/mol. The van der Waals surface area contributed by atoms with E-state index in [0.717, 1.165) is 28.7 Å². The minimum atomic E-state index is -0.287. The first-order valence-corrected chi connectivity index (χ1v) is 8.86. The molecule has 0 radical (unpaired) electrons. The first-order chi connectivity index (χ1) is 12.5. The van der Waals surface area contributed by atoms with Crippen molar-refractivity contribution in [2.75, 3.05) is 6.61 Å². The van der Waals surface area contributed by atoms with E-state index in [4.69, 9.17) is 9.47 Å². The van der Waals surface area contributed by atoms with E-state index in [1.807, 2.05) is 50.2 Å².